The van der Waals surface area contributed by atoms with E-state index in [4.69, 9.17) is 0 Å². The molecule has 0 saturated carbocycles. The molecule has 0 radical (unpaired) electrons. The van der Waals surface area contributed by atoms with Crippen molar-refractivity contribution in [2.75, 3.05) is 31.1 Å². The van der Waals surface area contributed by atoms with E-state index in [-0.39, 0.29) is 24.0 Å². The van der Waals surface area contributed by atoms with Gasteiger partial charge < -0.3 is 15.5 Å². The Morgan fingerprint density at radius 2 is 1.96 bits per heavy atom. The normalized spacial score (nSPS) is 14.1. The first-order valence-corrected chi connectivity index (χ1v) is 8.20. The number of nitrogens with one attached hydrogen (secondary N) is 2. The summed E-state index contributed by atoms with van der Waals surface area (Å²) < 4.78 is 0. The largest absolute Gasteiger partial charge is 0.364 e. The molecule has 4 nitrogen and oxygen atoms in total. The van der Waals surface area contributed by atoms with Crippen LogP contribution in [0.15, 0.2) is 41.4 Å². The fourth-order valence-corrected chi connectivity index (χ4v) is 2.35. The fraction of sp³-hybridized carbons (Fsp3) is 0.500. The van der Waals surface area contributed by atoms with Gasteiger partial charge in [0.25, 0.3) is 0 Å². The Kier molecular flexibility index (Phi) is 9.06. The molecule has 0 aliphatic carbocycles. The van der Waals surface area contributed by atoms with E-state index in [0.29, 0.717) is 12.5 Å². The van der Waals surface area contributed by atoms with Crippen LogP contribution in [0.2, 0.25) is 0 Å². The molecule has 1 aliphatic heterocycles. The summed E-state index contributed by atoms with van der Waals surface area (Å²) in [7, 11) is 0. The van der Waals surface area contributed by atoms with Crippen molar-refractivity contribution in [3.63, 3.8) is 0 Å². The van der Waals surface area contributed by atoms with Crippen LogP contribution >= 0.6 is 24.0 Å². The van der Waals surface area contributed by atoms with Crippen LogP contribution in [0, 0.1) is 5.92 Å². The highest BCUT2D eigenvalue weighted by Crippen LogP contribution is 2.18. The highest BCUT2D eigenvalue weighted by molar-refractivity contribution is 14.0. The molecule has 0 atom stereocenters. The molecule has 1 aromatic rings. The minimum Gasteiger partial charge on any atom is -0.364 e. The molecule has 5 heteroatoms. The molecule has 2 N–H and O–H groups in total. The Bertz CT molecular complexity index is 518. The van der Waals surface area contributed by atoms with Crippen LogP contribution in [0.4, 0.5) is 5.69 Å². The number of nitrogens with zero attached hydrogens (tertiary/aromatic N) is 2. The van der Waals surface area contributed by atoms with Crippen LogP contribution in [0.25, 0.3) is 0 Å². The number of rotatable bonds is 6. The summed E-state index contributed by atoms with van der Waals surface area (Å²) >= 11 is 0. The Morgan fingerprint density at radius 1 is 1.22 bits per heavy atom. The van der Waals surface area contributed by atoms with Crippen LogP contribution in [-0.2, 0) is 6.54 Å². The molecule has 1 aromatic carbocycles. The number of benzene rings is 1. The predicted octanol–water partition coefficient (Wildman–Crippen LogP) is 3.39. The van der Waals surface area contributed by atoms with Gasteiger partial charge in [0.15, 0.2) is 5.96 Å². The highest BCUT2D eigenvalue weighted by Gasteiger charge is 2.07. The first-order chi connectivity index (χ1) is 10.7. The second-order valence-corrected chi connectivity index (χ2v) is 6.02. The van der Waals surface area contributed by atoms with Gasteiger partial charge in [-0.1, -0.05) is 38.1 Å². The standard InChI is InChI=1S/C18H28N4.HI/c1-4-19-18(20-13-15(2)3)21-14-16-8-7-9-17(12-16)22-10-5-6-11-22;/h5-9,12,15H,4,10-11,13-14H2,1-3H3,(H2,19,20,21);1H. The molecule has 0 unspecified atom stereocenters. The lowest BCUT2D eigenvalue weighted by Gasteiger charge is -2.18. The third kappa shape index (κ3) is 6.81. The van der Waals surface area contributed by atoms with Crippen molar-refractivity contribution in [3.8, 4) is 0 Å². The second-order valence-electron chi connectivity index (χ2n) is 6.02. The zero-order valence-electron chi connectivity index (χ0n) is 14.4. The van der Waals surface area contributed by atoms with Crippen molar-refractivity contribution in [2.24, 2.45) is 10.9 Å². The third-order valence-electron chi connectivity index (χ3n) is 3.54. The van der Waals surface area contributed by atoms with Gasteiger partial charge in [-0.3, -0.25) is 0 Å². The van der Waals surface area contributed by atoms with E-state index >= 15 is 0 Å². The average Bonchev–Trinajstić information content (AvgIpc) is 3.04. The average molecular weight is 428 g/mol. The quantitative estimate of drug-likeness (QED) is 0.316. The van der Waals surface area contributed by atoms with E-state index in [1.165, 1.54) is 11.3 Å². The summed E-state index contributed by atoms with van der Waals surface area (Å²) in [6.45, 7) is 11.0. The summed E-state index contributed by atoms with van der Waals surface area (Å²) in [4.78, 5) is 7.04. The number of halogens is 1. The van der Waals surface area contributed by atoms with Crippen molar-refractivity contribution in [2.45, 2.75) is 27.3 Å². The van der Waals surface area contributed by atoms with E-state index in [2.05, 4.69) is 77.7 Å². The first-order valence-electron chi connectivity index (χ1n) is 8.20. The Morgan fingerprint density at radius 3 is 2.61 bits per heavy atom. The monoisotopic (exact) mass is 428 g/mol. The second kappa shape index (κ2) is 10.5. The van der Waals surface area contributed by atoms with Gasteiger partial charge >= 0.3 is 0 Å². The van der Waals surface area contributed by atoms with Crippen LogP contribution in [0.3, 0.4) is 0 Å². The number of aliphatic imine (C=N–C) groups is 1. The van der Waals surface area contributed by atoms with Crippen LogP contribution < -0.4 is 15.5 Å². The number of anilines is 1. The molecule has 0 saturated heterocycles. The molecular formula is C18H29IN4. The van der Waals surface area contributed by atoms with Gasteiger partial charge in [0.1, 0.15) is 0 Å². The SMILES string of the molecule is CCNC(=NCc1cccc(N2CC=CC2)c1)NCC(C)C.I. The third-order valence-corrected chi connectivity index (χ3v) is 3.54. The minimum atomic E-state index is 0. The van der Waals surface area contributed by atoms with E-state index in [1.807, 2.05) is 0 Å². The smallest absolute Gasteiger partial charge is 0.191 e. The van der Waals surface area contributed by atoms with Crippen molar-refractivity contribution in [1.29, 1.82) is 0 Å². The van der Waals surface area contributed by atoms with Crippen LogP contribution in [0.1, 0.15) is 26.3 Å². The summed E-state index contributed by atoms with van der Waals surface area (Å²) in [5, 5.41) is 6.67. The topological polar surface area (TPSA) is 39.7 Å². The summed E-state index contributed by atoms with van der Waals surface area (Å²) in [5.74, 6) is 1.50. The van der Waals surface area contributed by atoms with Gasteiger partial charge in [-0.25, -0.2) is 4.99 Å². The highest BCUT2D eigenvalue weighted by atomic mass is 127. The summed E-state index contributed by atoms with van der Waals surface area (Å²) in [5.41, 5.74) is 2.52. The summed E-state index contributed by atoms with van der Waals surface area (Å²) in [6.07, 6.45) is 4.42. The lowest BCUT2D eigenvalue weighted by Crippen LogP contribution is -2.39. The Balaban J connectivity index is 0.00000264. The van der Waals surface area contributed by atoms with Gasteiger partial charge in [-0.2, -0.15) is 0 Å². The van der Waals surface area contributed by atoms with Crippen molar-refractivity contribution >= 4 is 35.6 Å². The predicted molar refractivity (Wildman–Crippen MR) is 111 cm³/mol. The van der Waals surface area contributed by atoms with Crippen molar-refractivity contribution in [3.05, 3.63) is 42.0 Å². The molecule has 1 aliphatic rings. The summed E-state index contributed by atoms with van der Waals surface area (Å²) in [6, 6.07) is 8.67. The maximum Gasteiger partial charge on any atom is 0.191 e. The lowest BCUT2D eigenvalue weighted by molar-refractivity contribution is 0.615. The van der Waals surface area contributed by atoms with Gasteiger partial charge in [0, 0.05) is 31.9 Å². The van der Waals surface area contributed by atoms with Crippen molar-refractivity contribution < 1.29 is 0 Å². The number of hydrogen-bond acceptors (Lipinski definition) is 2. The Hall–Kier alpha value is -1.24. The molecule has 23 heavy (non-hydrogen) atoms. The zero-order valence-corrected chi connectivity index (χ0v) is 16.7. The molecule has 0 bridgehead atoms. The van der Waals surface area contributed by atoms with Gasteiger partial charge in [-0.05, 0) is 30.5 Å². The zero-order chi connectivity index (χ0) is 15.8. The number of guanidine groups is 1. The van der Waals surface area contributed by atoms with Crippen LogP contribution in [-0.4, -0.2) is 32.1 Å². The molecule has 0 fully saturated rings. The lowest BCUT2D eigenvalue weighted by atomic mass is 10.2. The molecule has 128 valence electrons. The fourth-order valence-electron chi connectivity index (χ4n) is 2.35. The van der Waals surface area contributed by atoms with Gasteiger partial charge in [0.2, 0.25) is 0 Å². The van der Waals surface area contributed by atoms with Gasteiger partial charge in [0.05, 0.1) is 6.54 Å². The van der Waals surface area contributed by atoms with E-state index in [9.17, 15) is 0 Å². The van der Waals surface area contributed by atoms with Crippen LogP contribution in [0.5, 0.6) is 0 Å². The van der Waals surface area contributed by atoms with Crippen molar-refractivity contribution in [1.82, 2.24) is 10.6 Å². The molecule has 0 aromatic heterocycles. The minimum absolute atomic E-state index is 0. The molecule has 0 spiro atoms. The molecule has 2 rings (SSSR count). The molecule has 1 heterocycles. The molecule has 0 amide bonds. The van der Waals surface area contributed by atoms with Gasteiger partial charge in [-0.15, -0.1) is 24.0 Å². The maximum absolute atomic E-state index is 4.68. The van der Waals surface area contributed by atoms with E-state index in [0.717, 1.165) is 32.1 Å². The maximum atomic E-state index is 4.68. The molecular weight excluding hydrogens is 399 g/mol. The number of hydrogen-bond donors (Lipinski definition) is 2. The van der Waals surface area contributed by atoms with E-state index < -0.39 is 0 Å². The first kappa shape index (κ1) is 19.8. The Labute approximate surface area is 157 Å². The van der Waals surface area contributed by atoms with E-state index in [1.54, 1.807) is 0 Å².